The normalized spacial score (nSPS) is 18.8. The van der Waals surface area contributed by atoms with Gasteiger partial charge in [-0.25, -0.2) is 27.9 Å². The number of carboxylic acids is 1. The smallest absolute Gasteiger partial charge is 0.361 e. The van der Waals surface area contributed by atoms with E-state index in [1.54, 1.807) is 12.1 Å². The first-order valence-corrected chi connectivity index (χ1v) is 10.1. The Balaban J connectivity index is 1.74. The fourth-order valence-electron chi connectivity index (χ4n) is 2.86. The number of carboxylic acid groups (broad SMARTS) is 1. The number of carbonyl (C=O) groups is 2. The second-order valence-corrected chi connectivity index (χ2v) is 8.87. The summed E-state index contributed by atoms with van der Waals surface area (Å²) in [4.78, 5) is 31.9. The highest BCUT2D eigenvalue weighted by Crippen LogP contribution is 2.35. The lowest BCUT2D eigenvalue weighted by Crippen LogP contribution is -2.44. The highest BCUT2D eigenvalue weighted by molar-refractivity contribution is 8.10. The Kier molecular flexibility index (Phi) is 4.71. The molecule has 2 aromatic heterocycles. The van der Waals surface area contributed by atoms with E-state index in [0.717, 1.165) is 11.3 Å². The van der Waals surface area contributed by atoms with Gasteiger partial charge in [-0.05, 0) is 12.1 Å². The number of carbonyl (C=O) groups excluding carboxylic acids is 2. The second kappa shape index (κ2) is 7.06. The van der Waals surface area contributed by atoms with Crippen LogP contribution in [0.1, 0.15) is 11.4 Å². The first-order chi connectivity index (χ1) is 13.3. The maximum Gasteiger partial charge on any atom is 0.361 e. The molecule has 0 radical (unpaired) electrons. The summed E-state index contributed by atoms with van der Waals surface area (Å²) in [5.41, 5.74) is 0.0670. The van der Waals surface area contributed by atoms with Crippen molar-refractivity contribution >= 4 is 49.2 Å². The number of fused-ring (bicyclic) bond motifs is 2. The largest absolute Gasteiger partial charge is 0.550 e. The molecule has 3 heterocycles. The molecule has 0 spiro atoms. The van der Waals surface area contributed by atoms with Crippen LogP contribution in [-0.2, 0) is 26.2 Å². The highest BCUT2D eigenvalue weighted by atomic mass is 32.2. The summed E-state index contributed by atoms with van der Waals surface area (Å²) in [6.07, 6.45) is 0.963. The van der Waals surface area contributed by atoms with E-state index in [4.69, 9.17) is 0 Å². The molecule has 3 aromatic rings. The van der Waals surface area contributed by atoms with Crippen LogP contribution in [0.15, 0.2) is 29.4 Å². The van der Waals surface area contributed by atoms with Crippen molar-refractivity contribution in [1.82, 2.24) is 9.97 Å². The molecule has 1 aliphatic heterocycles. The zero-order chi connectivity index (χ0) is 20.0. The fourth-order valence-corrected chi connectivity index (χ4v) is 6.06. The van der Waals surface area contributed by atoms with Crippen molar-refractivity contribution in [1.29, 1.82) is 0 Å². The van der Waals surface area contributed by atoms with Gasteiger partial charge in [0.2, 0.25) is 0 Å². The maximum atomic E-state index is 13.9. The first kappa shape index (κ1) is 18.7. The molecule has 2 atom stereocenters. The zero-order valence-electron chi connectivity index (χ0n) is 13.9. The average molecular weight is 425 g/mol. The van der Waals surface area contributed by atoms with Crippen LogP contribution in [0.3, 0.4) is 0 Å². The van der Waals surface area contributed by atoms with Crippen LogP contribution in [0.5, 0.6) is 0 Å². The van der Waals surface area contributed by atoms with Crippen LogP contribution < -0.4 is 10.4 Å². The van der Waals surface area contributed by atoms with Crippen LogP contribution in [0.4, 0.5) is 18.9 Å². The van der Waals surface area contributed by atoms with E-state index in [1.165, 1.54) is 6.20 Å². The van der Waals surface area contributed by atoms with E-state index in [1.807, 2.05) is 0 Å². The molecule has 28 heavy (non-hydrogen) atoms. The van der Waals surface area contributed by atoms with Gasteiger partial charge in [0.05, 0.1) is 4.70 Å². The van der Waals surface area contributed by atoms with Crippen molar-refractivity contribution in [2.24, 2.45) is 0 Å². The van der Waals surface area contributed by atoms with Gasteiger partial charge in [-0.2, -0.15) is 0 Å². The summed E-state index contributed by atoms with van der Waals surface area (Å²) in [7, 11) is -1.20. The lowest BCUT2D eigenvalue weighted by atomic mass is 10.2. The summed E-state index contributed by atoms with van der Waals surface area (Å²) in [5, 5.41) is 14.0. The number of rotatable bonds is 4. The number of hydrogen-bond acceptors (Lipinski definition) is 7. The molecule has 0 fully saturated rings. The molecule has 2 unspecified atom stereocenters. The second-order valence-electron chi connectivity index (χ2n) is 5.92. The molecule has 0 bridgehead atoms. The van der Waals surface area contributed by atoms with Crippen molar-refractivity contribution in [2.75, 3.05) is 5.32 Å². The van der Waals surface area contributed by atoms with Crippen LogP contribution in [-0.4, -0.2) is 27.1 Å². The fraction of sp³-hybridized carbons (Fsp3) is 0.176. The van der Waals surface area contributed by atoms with Gasteiger partial charge in [0.1, 0.15) is 39.0 Å². The Labute approximate surface area is 162 Å². The van der Waals surface area contributed by atoms with Gasteiger partial charge in [-0.3, -0.25) is 0 Å². The molecule has 4 rings (SSSR count). The molecular formula is C17H10F3N3O3S2. The topological polar surface area (TPSA) is 95.0 Å². The lowest BCUT2D eigenvalue weighted by Gasteiger charge is -2.23. The van der Waals surface area contributed by atoms with Gasteiger partial charge in [0.25, 0.3) is 5.03 Å². The van der Waals surface area contributed by atoms with Crippen LogP contribution in [0.25, 0.3) is 10.2 Å². The Bertz CT molecular complexity index is 1120. The van der Waals surface area contributed by atoms with E-state index in [0.29, 0.717) is 16.8 Å². The van der Waals surface area contributed by atoms with Gasteiger partial charge in [0, 0.05) is 24.7 Å². The quantitative estimate of drug-likeness (QED) is 0.506. The molecule has 1 aromatic carbocycles. The molecule has 0 saturated heterocycles. The number of nitrogens with zero attached hydrogens (tertiary/aromatic N) is 2. The molecule has 0 aliphatic carbocycles. The van der Waals surface area contributed by atoms with Crippen LogP contribution in [0.2, 0.25) is 0 Å². The van der Waals surface area contributed by atoms with Gasteiger partial charge >= 0.3 is 5.12 Å². The first-order valence-electron chi connectivity index (χ1n) is 7.94. The monoisotopic (exact) mass is 425 g/mol. The lowest BCUT2D eigenvalue weighted by molar-refractivity contribution is -0.305. The number of thiazole rings is 1. The summed E-state index contributed by atoms with van der Waals surface area (Å²) < 4.78 is 41.2. The third-order valence-electron chi connectivity index (χ3n) is 4.06. The average Bonchev–Trinajstić information content (AvgIpc) is 3.07. The molecule has 1 aliphatic rings. The maximum absolute atomic E-state index is 13.9. The van der Waals surface area contributed by atoms with Crippen molar-refractivity contribution in [3.63, 3.8) is 0 Å². The summed E-state index contributed by atoms with van der Waals surface area (Å²) in [5.74, 6) is -4.95. The number of hydrogen-bond donors (Lipinski definition) is 1. The standard InChI is InChI=1S/C17H10F3N3O3S2/c18-7-4-8(19)15-14(13(7)20)23-11(27-15)6-28-16-9(2-1-3-21-16)22-10(17(28)26)5-12(24)25/h1-4,10,22H,5-6H2. The summed E-state index contributed by atoms with van der Waals surface area (Å²) in [6.45, 7) is 0. The highest BCUT2D eigenvalue weighted by Gasteiger charge is 2.46. The van der Waals surface area contributed by atoms with E-state index in [2.05, 4.69) is 15.3 Å². The van der Waals surface area contributed by atoms with Crippen LogP contribution in [0, 0.1) is 17.5 Å². The van der Waals surface area contributed by atoms with Crippen LogP contribution >= 0.6 is 11.3 Å². The minimum atomic E-state index is -1.39. The van der Waals surface area contributed by atoms with E-state index < -0.39 is 57.4 Å². The third-order valence-corrected chi connectivity index (χ3v) is 7.43. The van der Waals surface area contributed by atoms with E-state index >= 15 is 0 Å². The number of anilines is 1. The molecule has 11 heteroatoms. The number of aromatic nitrogens is 2. The predicted molar refractivity (Wildman–Crippen MR) is 95.1 cm³/mol. The number of aliphatic carboxylic acids is 1. The van der Waals surface area contributed by atoms with Crippen molar-refractivity contribution in [3.05, 3.63) is 46.9 Å². The Morgan fingerprint density at radius 2 is 2.11 bits per heavy atom. The Hall–Kier alpha value is -2.66. The molecule has 1 N–H and O–H groups in total. The van der Waals surface area contributed by atoms with E-state index in [9.17, 15) is 27.9 Å². The Morgan fingerprint density at radius 1 is 1.32 bits per heavy atom. The Morgan fingerprint density at radius 3 is 2.86 bits per heavy atom. The predicted octanol–water partition coefficient (Wildman–Crippen LogP) is 1.75. The number of pyridine rings is 1. The van der Waals surface area contributed by atoms with Crippen molar-refractivity contribution < 1.29 is 27.9 Å². The molecule has 6 nitrogen and oxygen atoms in total. The van der Waals surface area contributed by atoms with Gasteiger partial charge < -0.3 is 15.2 Å². The molecule has 0 amide bonds. The molecular weight excluding hydrogens is 415 g/mol. The van der Waals surface area contributed by atoms with Gasteiger partial charge in [-0.1, -0.05) is 0 Å². The number of halogens is 3. The zero-order valence-corrected chi connectivity index (χ0v) is 15.5. The number of benzene rings is 1. The molecule has 0 saturated carbocycles. The summed E-state index contributed by atoms with van der Waals surface area (Å²) in [6, 6.07) is 2.73. The minimum Gasteiger partial charge on any atom is -0.550 e. The van der Waals surface area contributed by atoms with Crippen molar-refractivity contribution in [3.8, 4) is 0 Å². The van der Waals surface area contributed by atoms with Crippen molar-refractivity contribution in [2.45, 2.75) is 23.2 Å². The van der Waals surface area contributed by atoms with Gasteiger partial charge in [0.15, 0.2) is 17.4 Å². The van der Waals surface area contributed by atoms with E-state index in [-0.39, 0.29) is 15.5 Å². The van der Waals surface area contributed by atoms with Gasteiger partial charge in [-0.15, -0.1) is 11.3 Å². The SMILES string of the molecule is O=C([O-])CC1Nc2cccnc2[S+](Cc2nc3c(F)c(F)cc(F)c3s2)C1=O. The third kappa shape index (κ3) is 3.20. The number of nitrogens with one attached hydrogen (secondary N) is 1. The minimum absolute atomic E-state index is 0.0199. The summed E-state index contributed by atoms with van der Waals surface area (Å²) >= 11 is 0.817. The molecule has 144 valence electrons.